The van der Waals surface area contributed by atoms with Crippen LogP contribution in [0.2, 0.25) is 5.02 Å². The second-order valence-corrected chi connectivity index (χ2v) is 8.14. The molecule has 0 spiro atoms. The lowest BCUT2D eigenvalue weighted by atomic mass is 10.1. The van der Waals surface area contributed by atoms with Crippen molar-refractivity contribution in [3.05, 3.63) is 100 Å². The normalized spacial score (nSPS) is 13.4. The van der Waals surface area contributed by atoms with Gasteiger partial charge in [-0.2, -0.15) is 0 Å². The first kappa shape index (κ1) is 23.2. The minimum atomic E-state index is -1.03. The van der Waals surface area contributed by atoms with Crippen LogP contribution in [0.5, 0.6) is 0 Å². The van der Waals surface area contributed by atoms with E-state index in [9.17, 15) is 19.2 Å². The number of fused-ring (bicyclic) bond motifs is 1. The molecule has 4 rings (SSSR count). The van der Waals surface area contributed by atoms with Crippen LogP contribution in [0.15, 0.2) is 72.8 Å². The van der Waals surface area contributed by atoms with Crippen molar-refractivity contribution in [1.82, 2.24) is 5.32 Å². The molecule has 3 aromatic rings. The summed E-state index contributed by atoms with van der Waals surface area (Å²) >= 11 is 6.16. The summed E-state index contributed by atoms with van der Waals surface area (Å²) in [5.74, 6) is -2.32. The van der Waals surface area contributed by atoms with E-state index in [1.165, 1.54) is 25.1 Å². The number of ether oxygens (including phenoxy) is 1. The molecule has 0 aromatic heterocycles. The summed E-state index contributed by atoms with van der Waals surface area (Å²) in [6, 6.07) is 20.3. The number of esters is 1. The molecule has 0 radical (unpaired) electrons. The molecule has 1 aliphatic heterocycles. The van der Waals surface area contributed by atoms with Gasteiger partial charge in [-0.3, -0.25) is 14.4 Å². The van der Waals surface area contributed by atoms with Gasteiger partial charge in [0.05, 0.1) is 27.4 Å². The topological polar surface area (TPSA) is 92.8 Å². The van der Waals surface area contributed by atoms with Crippen molar-refractivity contribution in [2.45, 2.75) is 19.4 Å². The highest BCUT2D eigenvalue weighted by atomic mass is 35.5. The fourth-order valence-corrected chi connectivity index (χ4v) is 3.84. The number of halogens is 1. The van der Waals surface area contributed by atoms with E-state index in [0.717, 1.165) is 10.5 Å². The van der Waals surface area contributed by atoms with E-state index in [1.807, 2.05) is 30.3 Å². The van der Waals surface area contributed by atoms with Crippen molar-refractivity contribution in [1.29, 1.82) is 0 Å². The lowest BCUT2D eigenvalue weighted by Crippen LogP contribution is -2.36. The summed E-state index contributed by atoms with van der Waals surface area (Å²) < 4.78 is 5.27. The van der Waals surface area contributed by atoms with Gasteiger partial charge in [-0.05, 0) is 49.2 Å². The second-order valence-electron chi connectivity index (χ2n) is 7.73. The largest absolute Gasteiger partial charge is 0.449 e. The number of nitrogens with zero attached hydrogens (tertiary/aromatic N) is 1. The van der Waals surface area contributed by atoms with Crippen molar-refractivity contribution in [3.63, 3.8) is 0 Å². The Morgan fingerprint density at radius 3 is 2.35 bits per heavy atom. The number of benzene rings is 3. The minimum absolute atomic E-state index is 0.0600. The maximum Gasteiger partial charge on any atom is 0.338 e. The predicted molar refractivity (Wildman–Crippen MR) is 127 cm³/mol. The molecule has 3 aromatic carbocycles. The van der Waals surface area contributed by atoms with Gasteiger partial charge in [0, 0.05) is 6.54 Å². The zero-order chi connectivity index (χ0) is 24.2. The van der Waals surface area contributed by atoms with Crippen LogP contribution >= 0.6 is 11.6 Å². The van der Waals surface area contributed by atoms with Crippen molar-refractivity contribution in [3.8, 4) is 0 Å². The smallest absolute Gasteiger partial charge is 0.338 e. The lowest BCUT2D eigenvalue weighted by molar-refractivity contribution is -0.129. The van der Waals surface area contributed by atoms with Gasteiger partial charge in [0.25, 0.3) is 17.7 Å². The van der Waals surface area contributed by atoms with E-state index in [2.05, 4.69) is 5.32 Å². The average Bonchev–Trinajstić information content (AvgIpc) is 3.09. The Hall–Kier alpha value is -3.97. The highest BCUT2D eigenvalue weighted by Gasteiger charge is 2.38. The second kappa shape index (κ2) is 9.89. The third-order valence-electron chi connectivity index (χ3n) is 5.42. The number of nitrogens with one attached hydrogen (secondary N) is 1. The van der Waals surface area contributed by atoms with Crippen LogP contribution < -0.4 is 10.2 Å². The van der Waals surface area contributed by atoms with Gasteiger partial charge in [-0.15, -0.1) is 0 Å². The number of amides is 3. The quantitative estimate of drug-likeness (QED) is 0.410. The molecular formula is C26H21ClN2O5. The Balaban J connectivity index is 1.41. The summed E-state index contributed by atoms with van der Waals surface area (Å²) in [5, 5.41) is 2.99. The maximum absolute atomic E-state index is 12.9. The highest BCUT2D eigenvalue weighted by molar-refractivity contribution is 6.39. The molecule has 1 unspecified atom stereocenters. The van der Waals surface area contributed by atoms with E-state index in [1.54, 1.807) is 24.3 Å². The summed E-state index contributed by atoms with van der Waals surface area (Å²) in [6.07, 6.45) is -0.385. The first-order chi connectivity index (χ1) is 16.4. The van der Waals surface area contributed by atoms with E-state index >= 15 is 0 Å². The Kier molecular flexibility index (Phi) is 6.75. The first-order valence-electron chi connectivity index (χ1n) is 10.7. The molecule has 0 fully saturated rings. The van der Waals surface area contributed by atoms with Crippen LogP contribution in [0.4, 0.5) is 5.69 Å². The van der Waals surface area contributed by atoms with Crippen LogP contribution in [0, 0.1) is 0 Å². The SMILES string of the molecule is CC(OC(=O)c1ccc2c(c1)C(=O)N(c1ccccc1Cl)C2=O)C(=O)NCCc1ccccc1. The molecule has 3 amide bonds. The molecular weight excluding hydrogens is 456 g/mol. The standard InChI is InChI=1S/C26H21ClN2O5/c1-16(23(30)28-14-13-17-7-3-2-4-8-17)34-26(33)18-11-12-19-20(15-18)25(32)29(24(19)31)22-10-6-5-9-21(22)27/h2-12,15-16H,13-14H2,1H3,(H,28,30). The van der Waals surface area contributed by atoms with Crippen molar-refractivity contribution < 1.29 is 23.9 Å². The average molecular weight is 477 g/mol. The van der Waals surface area contributed by atoms with Gasteiger partial charge >= 0.3 is 5.97 Å². The Morgan fingerprint density at radius 2 is 1.62 bits per heavy atom. The molecule has 34 heavy (non-hydrogen) atoms. The molecule has 1 heterocycles. The molecule has 0 aliphatic carbocycles. The summed E-state index contributed by atoms with van der Waals surface area (Å²) in [4.78, 5) is 51.6. The molecule has 8 heteroatoms. The lowest BCUT2D eigenvalue weighted by Gasteiger charge is -2.15. The number of anilines is 1. The molecule has 1 N–H and O–H groups in total. The number of hydrogen-bond donors (Lipinski definition) is 1. The minimum Gasteiger partial charge on any atom is -0.449 e. The molecule has 1 atom stereocenters. The summed E-state index contributed by atoms with van der Waals surface area (Å²) in [5.41, 5.74) is 1.63. The van der Waals surface area contributed by atoms with Gasteiger partial charge in [0.15, 0.2) is 6.10 Å². The Morgan fingerprint density at radius 1 is 0.941 bits per heavy atom. The number of hydrogen-bond acceptors (Lipinski definition) is 5. The van der Waals surface area contributed by atoms with Crippen LogP contribution in [0.3, 0.4) is 0 Å². The molecule has 172 valence electrons. The first-order valence-corrected chi connectivity index (χ1v) is 11.0. The highest BCUT2D eigenvalue weighted by Crippen LogP contribution is 2.33. The summed E-state index contributed by atoms with van der Waals surface area (Å²) in [7, 11) is 0. The van der Waals surface area contributed by atoms with E-state index in [0.29, 0.717) is 13.0 Å². The van der Waals surface area contributed by atoms with Crippen LogP contribution in [-0.2, 0) is 16.0 Å². The van der Waals surface area contributed by atoms with Crippen LogP contribution in [0.25, 0.3) is 0 Å². The molecule has 7 nitrogen and oxygen atoms in total. The van der Waals surface area contributed by atoms with Crippen LogP contribution in [-0.4, -0.2) is 36.3 Å². The fourth-order valence-electron chi connectivity index (χ4n) is 3.62. The van der Waals surface area contributed by atoms with Crippen LogP contribution in [0.1, 0.15) is 43.6 Å². The number of rotatable bonds is 7. The molecule has 1 aliphatic rings. The number of carbonyl (C=O) groups excluding carboxylic acids is 4. The summed E-state index contributed by atoms with van der Waals surface area (Å²) in [6.45, 7) is 1.87. The van der Waals surface area contributed by atoms with Gasteiger partial charge in [-0.1, -0.05) is 54.1 Å². The maximum atomic E-state index is 12.9. The van der Waals surface area contributed by atoms with Gasteiger partial charge in [-0.25, -0.2) is 9.69 Å². The van der Waals surface area contributed by atoms with E-state index in [-0.39, 0.29) is 27.4 Å². The predicted octanol–water partition coefficient (Wildman–Crippen LogP) is 4.04. The van der Waals surface area contributed by atoms with Crippen molar-refractivity contribution in [2.75, 3.05) is 11.4 Å². The number of carbonyl (C=O) groups is 4. The fraction of sp³-hybridized carbons (Fsp3) is 0.154. The van der Waals surface area contributed by atoms with Gasteiger partial charge < -0.3 is 10.1 Å². The van der Waals surface area contributed by atoms with Crippen molar-refractivity contribution in [2.24, 2.45) is 0 Å². The Bertz CT molecular complexity index is 1280. The Labute approximate surface area is 201 Å². The molecule has 0 bridgehead atoms. The van der Waals surface area contributed by atoms with E-state index < -0.39 is 29.8 Å². The third-order valence-corrected chi connectivity index (χ3v) is 5.74. The van der Waals surface area contributed by atoms with E-state index in [4.69, 9.17) is 16.3 Å². The van der Waals surface area contributed by atoms with Gasteiger partial charge in [0.1, 0.15) is 0 Å². The zero-order valence-corrected chi connectivity index (χ0v) is 19.0. The zero-order valence-electron chi connectivity index (χ0n) is 18.3. The van der Waals surface area contributed by atoms with Crippen molar-refractivity contribution >= 4 is 41.0 Å². The molecule has 0 saturated carbocycles. The molecule has 0 saturated heterocycles. The monoisotopic (exact) mass is 476 g/mol. The number of imide groups is 1. The third kappa shape index (κ3) is 4.70. The number of para-hydroxylation sites is 1. The van der Waals surface area contributed by atoms with Gasteiger partial charge in [0.2, 0.25) is 0 Å².